The van der Waals surface area contributed by atoms with E-state index in [2.05, 4.69) is 32.7 Å². The molecular formula is C20H25FN6O. The molecule has 8 heteroatoms. The van der Waals surface area contributed by atoms with Gasteiger partial charge in [0.2, 0.25) is 5.91 Å². The molecule has 0 radical (unpaired) electrons. The number of nitrogens with one attached hydrogen (secondary N) is 4. The molecule has 2 aliphatic heterocycles. The molecule has 3 aliphatic rings. The predicted octanol–water partition coefficient (Wildman–Crippen LogP) is 1.34. The Kier molecular flexibility index (Phi) is 4.41. The Morgan fingerprint density at radius 2 is 2.11 bits per heavy atom. The van der Waals surface area contributed by atoms with Crippen molar-refractivity contribution in [3.63, 3.8) is 0 Å². The number of anilines is 1. The van der Waals surface area contributed by atoms with Crippen LogP contribution in [0.1, 0.15) is 35.4 Å². The molecule has 2 aromatic rings. The van der Waals surface area contributed by atoms with Gasteiger partial charge in [0.05, 0.1) is 6.20 Å². The predicted molar refractivity (Wildman–Crippen MR) is 103 cm³/mol. The van der Waals surface area contributed by atoms with Gasteiger partial charge in [-0.1, -0.05) is 6.07 Å². The average molecular weight is 384 g/mol. The van der Waals surface area contributed by atoms with E-state index in [0.29, 0.717) is 12.8 Å². The molecule has 1 aliphatic carbocycles. The summed E-state index contributed by atoms with van der Waals surface area (Å²) < 4.78 is 16.5. The molecule has 3 heterocycles. The van der Waals surface area contributed by atoms with E-state index in [9.17, 15) is 9.18 Å². The number of benzene rings is 1. The smallest absolute Gasteiger partial charge is 0.243 e. The normalized spacial score (nSPS) is 31.4. The summed E-state index contributed by atoms with van der Waals surface area (Å²) in [5.41, 5.74) is 10.5. The minimum absolute atomic E-state index is 0.0355. The first-order chi connectivity index (χ1) is 13.6. The molecule has 2 fully saturated rings. The minimum atomic E-state index is -0.939. The summed E-state index contributed by atoms with van der Waals surface area (Å²) in [6, 6.07) is 5.61. The highest BCUT2D eigenvalue weighted by Crippen LogP contribution is 2.41. The lowest BCUT2D eigenvalue weighted by atomic mass is 9.73. The number of aryl methyl sites for hydroxylation is 1. The van der Waals surface area contributed by atoms with E-state index in [1.807, 2.05) is 25.4 Å². The number of alkyl halides is 1. The lowest BCUT2D eigenvalue weighted by molar-refractivity contribution is -0.119. The molecule has 1 aromatic carbocycles. The first-order valence-electron chi connectivity index (χ1n) is 9.85. The number of hydrazine groups is 1. The van der Waals surface area contributed by atoms with E-state index in [4.69, 9.17) is 0 Å². The maximum Gasteiger partial charge on any atom is 0.243 e. The minimum Gasteiger partial charge on any atom is -0.325 e. The van der Waals surface area contributed by atoms with Gasteiger partial charge in [0, 0.05) is 49.9 Å². The van der Waals surface area contributed by atoms with Gasteiger partial charge in [-0.05, 0) is 41.7 Å². The number of aromatic nitrogens is 2. The summed E-state index contributed by atoms with van der Waals surface area (Å²) >= 11 is 0. The van der Waals surface area contributed by atoms with Crippen molar-refractivity contribution >= 4 is 11.6 Å². The zero-order valence-electron chi connectivity index (χ0n) is 15.8. The highest BCUT2D eigenvalue weighted by molar-refractivity contribution is 5.95. The van der Waals surface area contributed by atoms with Crippen LogP contribution in [0.15, 0.2) is 30.6 Å². The van der Waals surface area contributed by atoms with E-state index in [1.165, 1.54) is 11.1 Å². The Hall–Kier alpha value is -2.29. The highest BCUT2D eigenvalue weighted by atomic mass is 19.1. The van der Waals surface area contributed by atoms with Crippen LogP contribution in [0.5, 0.6) is 0 Å². The van der Waals surface area contributed by atoms with Crippen LogP contribution in [-0.2, 0) is 24.9 Å². The summed E-state index contributed by atoms with van der Waals surface area (Å²) in [5.74, 6) is -0.264. The second kappa shape index (κ2) is 6.95. The lowest BCUT2D eigenvalue weighted by Crippen LogP contribution is -2.43. The SMILES string of the molecule is Cn1cc(C2CC3C(CC2F)NNC3C(=O)Nc2ccc3c(c2)CNC3)cn1. The van der Waals surface area contributed by atoms with Gasteiger partial charge in [0.15, 0.2) is 0 Å². The van der Waals surface area contributed by atoms with E-state index in [1.54, 1.807) is 10.9 Å². The number of amides is 1. The van der Waals surface area contributed by atoms with Crippen LogP contribution in [-0.4, -0.2) is 33.9 Å². The van der Waals surface area contributed by atoms with Gasteiger partial charge in [0.1, 0.15) is 12.2 Å². The number of nitrogens with zero attached hydrogens (tertiary/aromatic N) is 2. The summed E-state index contributed by atoms with van der Waals surface area (Å²) in [6.45, 7) is 1.71. The van der Waals surface area contributed by atoms with Crippen molar-refractivity contribution in [2.24, 2.45) is 13.0 Å². The fourth-order valence-electron chi connectivity index (χ4n) is 4.85. The number of carbonyl (C=O) groups is 1. The Labute approximate surface area is 163 Å². The topological polar surface area (TPSA) is 83.0 Å². The van der Waals surface area contributed by atoms with Crippen molar-refractivity contribution in [3.05, 3.63) is 47.3 Å². The number of hydrogen-bond donors (Lipinski definition) is 4. The van der Waals surface area contributed by atoms with Crippen LogP contribution in [0.2, 0.25) is 0 Å². The molecule has 7 nitrogen and oxygen atoms in total. The molecule has 0 bridgehead atoms. The summed E-state index contributed by atoms with van der Waals surface area (Å²) in [5, 5.41) is 10.5. The molecule has 5 atom stereocenters. The van der Waals surface area contributed by atoms with E-state index in [0.717, 1.165) is 24.3 Å². The van der Waals surface area contributed by atoms with Crippen molar-refractivity contribution in [1.29, 1.82) is 0 Å². The second-order valence-electron chi connectivity index (χ2n) is 8.15. The lowest BCUT2D eigenvalue weighted by Gasteiger charge is -2.34. The molecule has 148 valence electrons. The van der Waals surface area contributed by atoms with Crippen LogP contribution >= 0.6 is 0 Å². The van der Waals surface area contributed by atoms with E-state index < -0.39 is 6.17 Å². The fraction of sp³-hybridized carbons (Fsp3) is 0.500. The average Bonchev–Trinajstić information content (AvgIpc) is 3.39. The molecule has 1 amide bonds. The standard InChI is InChI=1S/C20H25FN6O/c1-27-10-13(9-23-27)15-5-16-18(6-17(15)21)25-26-19(16)20(28)24-14-3-2-11-7-22-8-12(11)4-14/h2-4,9-10,15-19,22,25-26H,5-8H2,1H3,(H,24,28). The van der Waals surface area contributed by atoms with Gasteiger partial charge < -0.3 is 10.6 Å². The molecular weight excluding hydrogens is 359 g/mol. The number of hydrogen-bond acceptors (Lipinski definition) is 5. The maximum atomic E-state index is 14.8. The third-order valence-corrected chi connectivity index (χ3v) is 6.35. The largest absolute Gasteiger partial charge is 0.325 e. The molecule has 1 saturated carbocycles. The number of carbonyl (C=O) groups excluding carboxylic acids is 1. The number of rotatable bonds is 3. The molecule has 1 saturated heterocycles. The zero-order chi connectivity index (χ0) is 19.3. The molecule has 0 spiro atoms. The Morgan fingerprint density at radius 1 is 1.25 bits per heavy atom. The van der Waals surface area contributed by atoms with Crippen molar-refractivity contribution in [2.45, 2.75) is 50.1 Å². The first kappa shape index (κ1) is 17.8. The first-order valence-corrected chi connectivity index (χ1v) is 9.85. The van der Waals surface area contributed by atoms with Crippen LogP contribution < -0.4 is 21.5 Å². The molecule has 5 rings (SSSR count). The Morgan fingerprint density at radius 3 is 2.93 bits per heavy atom. The van der Waals surface area contributed by atoms with Crippen molar-refractivity contribution in [1.82, 2.24) is 25.9 Å². The van der Waals surface area contributed by atoms with Crippen LogP contribution in [0, 0.1) is 5.92 Å². The molecule has 5 unspecified atom stereocenters. The van der Waals surface area contributed by atoms with Crippen molar-refractivity contribution in [2.75, 3.05) is 5.32 Å². The zero-order valence-corrected chi connectivity index (χ0v) is 15.8. The van der Waals surface area contributed by atoms with Gasteiger partial charge in [-0.25, -0.2) is 9.82 Å². The fourth-order valence-corrected chi connectivity index (χ4v) is 4.85. The molecule has 1 aromatic heterocycles. The van der Waals surface area contributed by atoms with Crippen molar-refractivity contribution < 1.29 is 9.18 Å². The van der Waals surface area contributed by atoms with Crippen molar-refractivity contribution in [3.8, 4) is 0 Å². The van der Waals surface area contributed by atoms with E-state index in [-0.39, 0.29) is 29.8 Å². The van der Waals surface area contributed by atoms with Gasteiger partial charge in [0.25, 0.3) is 0 Å². The summed E-state index contributed by atoms with van der Waals surface area (Å²) in [4.78, 5) is 13.0. The molecule has 28 heavy (non-hydrogen) atoms. The Bertz CT molecular complexity index is 899. The monoisotopic (exact) mass is 384 g/mol. The van der Waals surface area contributed by atoms with Gasteiger partial charge in [-0.3, -0.25) is 14.9 Å². The number of fused-ring (bicyclic) bond motifs is 2. The van der Waals surface area contributed by atoms with Gasteiger partial charge in [-0.15, -0.1) is 0 Å². The van der Waals surface area contributed by atoms with Gasteiger partial charge in [-0.2, -0.15) is 5.10 Å². The van der Waals surface area contributed by atoms with E-state index >= 15 is 0 Å². The third-order valence-electron chi connectivity index (χ3n) is 6.35. The third kappa shape index (κ3) is 3.11. The highest BCUT2D eigenvalue weighted by Gasteiger charge is 2.47. The van der Waals surface area contributed by atoms with Crippen LogP contribution in [0.3, 0.4) is 0 Å². The van der Waals surface area contributed by atoms with Crippen LogP contribution in [0.4, 0.5) is 10.1 Å². The van der Waals surface area contributed by atoms with Crippen LogP contribution in [0.25, 0.3) is 0 Å². The Balaban J connectivity index is 1.31. The summed E-state index contributed by atoms with van der Waals surface area (Å²) in [6.07, 6.45) is 3.68. The summed E-state index contributed by atoms with van der Waals surface area (Å²) in [7, 11) is 1.84. The number of halogens is 1. The maximum absolute atomic E-state index is 14.8. The van der Waals surface area contributed by atoms with Gasteiger partial charge >= 0.3 is 0 Å². The quantitative estimate of drug-likeness (QED) is 0.642. The molecule has 4 N–H and O–H groups in total. The second-order valence-corrected chi connectivity index (χ2v) is 8.15.